The first-order valence-electron chi connectivity index (χ1n) is 5.76. The van der Waals surface area contributed by atoms with Crippen LogP contribution in [0.4, 0.5) is 0 Å². The summed E-state index contributed by atoms with van der Waals surface area (Å²) in [5.41, 5.74) is 4.88. The van der Waals surface area contributed by atoms with Gasteiger partial charge in [-0.3, -0.25) is 14.4 Å². The van der Waals surface area contributed by atoms with Crippen LogP contribution in [0.2, 0.25) is 0 Å². The number of nitrogens with two attached hydrogens (primary N) is 1. The molecule has 0 unspecified atom stereocenters. The summed E-state index contributed by atoms with van der Waals surface area (Å²) in [4.78, 5) is 31.7. The molecule has 0 spiro atoms. The molecule has 108 valence electrons. The van der Waals surface area contributed by atoms with Crippen LogP contribution in [0, 0.1) is 11.3 Å². The van der Waals surface area contributed by atoms with E-state index in [-0.39, 0.29) is 34.6 Å². The third-order valence-corrected chi connectivity index (χ3v) is 2.26. The Morgan fingerprint density at radius 2 is 1.43 bits per heavy atom. The lowest BCUT2D eigenvalue weighted by Crippen LogP contribution is -2.09. The summed E-state index contributed by atoms with van der Waals surface area (Å²) < 4.78 is 9.57. The molecule has 0 aliphatic heterocycles. The molecule has 0 saturated heterocycles. The van der Waals surface area contributed by atoms with Gasteiger partial charge in [0.05, 0.1) is 0 Å². The number of carbonyl (C=O) groups excluding carboxylic acids is 3. The van der Waals surface area contributed by atoms with Crippen molar-refractivity contribution in [3.8, 4) is 6.07 Å². The fourth-order valence-corrected chi connectivity index (χ4v) is 1.25. The standard InChI is InChI=1S/C7H7NO3.C7H5NO2/c1-4(9)5-2-3-6(11-5)7(8)10;1-5(9)7-3-2-6(4-8)10-7/h2-3H,1H3,(H2,8,10);2-3H,1H3. The molecule has 0 atom stereocenters. The van der Waals surface area contributed by atoms with E-state index in [1.165, 1.54) is 38.1 Å². The molecule has 0 fully saturated rings. The summed E-state index contributed by atoms with van der Waals surface area (Å²) in [5, 5.41) is 8.28. The molecule has 0 saturated carbocycles. The van der Waals surface area contributed by atoms with Gasteiger partial charge in [-0.25, -0.2) is 0 Å². The predicted octanol–water partition coefficient (Wildman–Crippen LogP) is 1.93. The zero-order valence-corrected chi connectivity index (χ0v) is 11.4. The number of amides is 1. The number of primary amides is 1. The van der Waals surface area contributed by atoms with E-state index in [2.05, 4.69) is 0 Å². The summed E-state index contributed by atoms with van der Waals surface area (Å²) in [5.74, 6) is -0.493. The smallest absolute Gasteiger partial charge is 0.284 e. The molecule has 7 heteroatoms. The monoisotopic (exact) mass is 288 g/mol. The van der Waals surface area contributed by atoms with Crippen LogP contribution in [-0.4, -0.2) is 17.5 Å². The average molecular weight is 288 g/mol. The third kappa shape index (κ3) is 4.47. The van der Waals surface area contributed by atoms with Gasteiger partial charge in [-0.05, 0) is 24.3 Å². The van der Waals surface area contributed by atoms with Gasteiger partial charge in [0.15, 0.2) is 28.8 Å². The molecular weight excluding hydrogens is 276 g/mol. The fraction of sp³-hybridized carbons (Fsp3) is 0.143. The number of furan rings is 2. The van der Waals surface area contributed by atoms with Crippen molar-refractivity contribution in [1.29, 1.82) is 5.26 Å². The zero-order valence-electron chi connectivity index (χ0n) is 11.4. The number of rotatable bonds is 3. The van der Waals surface area contributed by atoms with Crippen molar-refractivity contribution >= 4 is 17.5 Å². The molecule has 0 radical (unpaired) electrons. The van der Waals surface area contributed by atoms with Gasteiger partial charge in [0.25, 0.3) is 5.91 Å². The van der Waals surface area contributed by atoms with Crippen LogP contribution in [0.1, 0.15) is 51.3 Å². The van der Waals surface area contributed by atoms with Crippen LogP contribution >= 0.6 is 0 Å². The number of hydrogen-bond acceptors (Lipinski definition) is 6. The number of hydrogen-bond donors (Lipinski definition) is 1. The first-order chi connectivity index (χ1) is 9.85. The minimum atomic E-state index is -0.669. The van der Waals surface area contributed by atoms with Gasteiger partial charge in [-0.1, -0.05) is 0 Å². The van der Waals surface area contributed by atoms with E-state index in [1.807, 2.05) is 0 Å². The second-order valence-corrected chi connectivity index (χ2v) is 3.92. The van der Waals surface area contributed by atoms with E-state index in [1.54, 1.807) is 6.07 Å². The summed E-state index contributed by atoms with van der Waals surface area (Å²) in [7, 11) is 0. The first kappa shape index (κ1) is 15.9. The van der Waals surface area contributed by atoms with Crippen molar-refractivity contribution in [2.45, 2.75) is 13.8 Å². The van der Waals surface area contributed by atoms with Gasteiger partial charge < -0.3 is 14.6 Å². The Hall–Kier alpha value is -3.14. The minimum Gasteiger partial charge on any atom is -0.448 e. The van der Waals surface area contributed by atoms with Crippen molar-refractivity contribution < 1.29 is 23.2 Å². The molecule has 0 aliphatic carbocycles. The van der Waals surface area contributed by atoms with Crippen molar-refractivity contribution in [3.63, 3.8) is 0 Å². The molecule has 7 nitrogen and oxygen atoms in total. The number of carbonyl (C=O) groups is 3. The Kier molecular flexibility index (Phi) is 5.20. The molecule has 2 rings (SSSR count). The number of nitriles is 1. The fourth-order valence-electron chi connectivity index (χ4n) is 1.25. The van der Waals surface area contributed by atoms with Crippen LogP contribution < -0.4 is 5.73 Å². The van der Waals surface area contributed by atoms with E-state index < -0.39 is 5.91 Å². The highest BCUT2D eigenvalue weighted by molar-refractivity contribution is 5.94. The lowest BCUT2D eigenvalue weighted by atomic mass is 10.3. The highest BCUT2D eigenvalue weighted by Gasteiger charge is 2.09. The van der Waals surface area contributed by atoms with Gasteiger partial charge in [0.2, 0.25) is 5.76 Å². The molecule has 2 aromatic rings. The van der Waals surface area contributed by atoms with Crippen molar-refractivity contribution in [2.24, 2.45) is 5.73 Å². The van der Waals surface area contributed by atoms with E-state index in [0.717, 1.165) is 0 Å². The van der Waals surface area contributed by atoms with Crippen LogP contribution in [0.15, 0.2) is 33.1 Å². The molecule has 2 N–H and O–H groups in total. The molecular formula is C14H12N2O5. The lowest BCUT2D eigenvalue weighted by molar-refractivity contribution is 0.0953. The lowest BCUT2D eigenvalue weighted by Gasteiger charge is -1.86. The van der Waals surface area contributed by atoms with Gasteiger partial charge in [-0.2, -0.15) is 5.26 Å². The van der Waals surface area contributed by atoms with Crippen LogP contribution in [0.3, 0.4) is 0 Å². The summed E-state index contributed by atoms with van der Waals surface area (Å²) in [6.45, 7) is 2.74. The topological polar surface area (TPSA) is 127 Å². The highest BCUT2D eigenvalue weighted by atomic mass is 16.4. The summed E-state index contributed by atoms with van der Waals surface area (Å²) in [6.07, 6.45) is 0. The normalized spacial score (nSPS) is 9.19. The summed E-state index contributed by atoms with van der Waals surface area (Å²) >= 11 is 0. The SMILES string of the molecule is CC(=O)c1ccc(C#N)o1.CC(=O)c1ccc(C(N)=O)o1. The van der Waals surface area contributed by atoms with E-state index in [0.29, 0.717) is 0 Å². The van der Waals surface area contributed by atoms with Crippen LogP contribution in [-0.2, 0) is 0 Å². The first-order valence-corrected chi connectivity index (χ1v) is 5.76. The zero-order chi connectivity index (χ0) is 16.0. The molecule has 0 bridgehead atoms. The van der Waals surface area contributed by atoms with Crippen LogP contribution in [0.5, 0.6) is 0 Å². The number of Topliss-reactive ketones (excluding diaryl/α,β-unsaturated/α-hetero) is 2. The molecule has 2 heterocycles. The summed E-state index contributed by atoms with van der Waals surface area (Å²) in [6, 6.07) is 7.53. The Labute approximate surface area is 119 Å². The Bertz CT molecular complexity index is 689. The average Bonchev–Trinajstić information content (AvgIpc) is 3.08. The Balaban J connectivity index is 0.000000211. The predicted molar refractivity (Wildman–Crippen MR) is 70.7 cm³/mol. The van der Waals surface area contributed by atoms with Crippen molar-refractivity contribution in [1.82, 2.24) is 0 Å². The van der Waals surface area contributed by atoms with Crippen molar-refractivity contribution in [3.05, 3.63) is 47.3 Å². The maximum atomic E-state index is 10.6. The maximum absolute atomic E-state index is 10.6. The second-order valence-electron chi connectivity index (χ2n) is 3.92. The van der Waals surface area contributed by atoms with Crippen molar-refractivity contribution in [2.75, 3.05) is 0 Å². The maximum Gasteiger partial charge on any atom is 0.284 e. The van der Waals surface area contributed by atoms with E-state index in [4.69, 9.17) is 19.8 Å². The molecule has 2 aromatic heterocycles. The second kappa shape index (κ2) is 6.86. The Morgan fingerprint density at radius 1 is 0.952 bits per heavy atom. The molecule has 0 aromatic carbocycles. The number of nitrogens with zero attached hydrogens (tertiary/aromatic N) is 1. The van der Waals surface area contributed by atoms with E-state index >= 15 is 0 Å². The molecule has 21 heavy (non-hydrogen) atoms. The molecule has 1 amide bonds. The third-order valence-electron chi connectivity index (χ3n) is 2.26. The Morgan fingerprint density at radius 3 is 1.71 bits per heavy atom. The van der Waals surface area contributed by atoms with E-state index in [9.17, 15) is 14.4 Å². The van der Waals surface area contributed by atoms with Gasteiger partial charge in [0.1, 0.15) is 6.07 Å². The highest BCUT2D eigenvalue weighted by Crippen LogP contribution is 2.07. The minimum absolute atomic E-state index is 0.00944. The van der Waals surface area contributed by atoms with Gasteiger partial charge >= 0.3 is 0 Å². The van der Waals surface area contributed by atoms with Crippen LogP contribution in [0.25, 0.3) is 0 Å². The van der Waals surface area contributed by atoms with Gasteiger partial charge in [-0.15, -0.1) is 0 Å². The molecule has 0 aliphatic rings. The van der Waals surface area contributed by atoms with Gasteiger partial charge in [0, 0.05) is 13.8 Å². The number of ketones is 2. The quantitative estimate of drug-likeness (QED) is 0.859. The largest absolute Gasteiger partial charge is 0.448 e.